The van der Waals surface area contributed by atoms with E-state index < -0.39 is 35.3 Å². The second-order valence-electron chi connectivity index (χ2n) is 11.7. The molecule has 2 rings (SSSR count). The Hall–Kier alpha value is -3.57. The fourth-order valence-electron chi connectivity index (χ4n) is 4.92. The average molecular weight is 710 g/mol. The van der Waals surface area contributed by atoms with Crippen LogP contribution in [0.1, 0.15) is 70.2 Å². The van der Waals surface area contributed by atoms with Crippen molar-refractivity contribution in [3.05, 3.63) is 29.6 Å². The highest BCUT2D eigenvalue weighted by Gasteiger charge is 2.43. The van der Waals surface area contributed by atoms with Gasteiger partial charge in [-0.25, -0.2) is 0 Å². The summed E-state index contributed by atoms with van der Waals surface area (Å²) in [6.45, 7) is 4.48. The Morgan fingerprint density at radius 3 is 2.19 bits per heavy atom. The molecular formula is C31H51N9O6S2. The minimum atomic E-state index is -1.28. The van der Waals surface area contributed by atoms with Gasteiger partial charge in [-0.05, 0) is 30.9 Å². The summed E-state index contributed by atoms with van der Waals surface area (Å²) in [5.41, 5.74) is 16.6. The van der Waals surface area contributed by atoms with Gasteiger partial charge in [-0.15, -0.1) is 0 Å². The van der Waals surface area contributed by atoms with Gasteiger partial charge in [0.1, 0.15) is 17.6 Å². The van der Waals surface area contributed by atoms with Gasteiger partial charge in [0.2, 0.25) is 29.5 Å². The summed E-state index contributed by atoms with van der Waals surface area (Å²) in [7, 11) is 0. The van der Waals surface area contributed by atoms with Crippen molar-refractivity contribution < 1.29 is 28.7 Å². The largest absolute Gasteiger partial charge is 0.381 e. The highest BCUT2D eigenvalue weighted by atomic mass is 32.2. The number of carbonyl (C=O) groups is 5. The van der Waals surface area contributed by atoms with Gasteiger partial charge in [-0.1, -0.05) is 26.3 Å². The molecule has 0 radical (unpaired) electrons. The number of aromatic nitrogens is 1. The highest BCUT2D eigenvalue weighted by Crippen LogP contribution is 2.23. The van der Waals surface area contributed by atoms with Gasteiger partial charge in [0.15, 0.2) is 5.96 Å². The summed E-state index contributed by atoms with van der Waals surface area (Å²) in [4.78, 5) is 68.0. The Labute approximate surface area is 290 Å². The van der Waals surface area contributed by atoms with Crippen LogP contribution < -0.4 is 38.5 Å². The van der Waals surface area contributed by atoms with Crippen molar-refractivity contribution in [3.8, 4) is 0 Å². The SMILES string of the molecule is CC[C@H](C)[C@H](NC(=O)[C@H](CCCNC(=N)N)NC(=O)C1(NC(=O)CCSCc2cccc(CSCCC(N)=O)n2)CCOCC1)C(N)=O. The second-order valence-corrected chi connectivity index (χ2v) is 13.9. The molecule has 0 unspecified atom stereocenters. The van der Waals surface area contributed by atoms with Crippen LogP contribution >= 0.6 is 23.5 Å². The Bertz CT molecular complexity index is 1250. The van der Waals surface area contributed by atoms with Gasteiger partial charge in [0.05, 0.1) is 11.4 Å². The second kappa shape index (κ2) is 21.4. The van der Waals surface area contributed by atoms with Gasteiger partial charge >= 0.3 is 0 Å². The lowest BCUT2D eigenvalue weighted by Crippen LogP contribution is -2.64. The monoisotopic (exact) mass is 709 g/mol. The molecule has 3 atom stereocenters. The summed E-state index contributed by atoms with van der Waals surface area (Å²) in [6, 6.07) is 3.82. The van der Waals surface area contributed by atoms with Crippen LogP contribution in [0.15, 0.2) is 18.2 Å². The molecule has 0 aliphatic carbocycles. The number of pyridine rings is 1. The van der Waals surface area contributed by atoms with E-state index in [9.17, 15) is 24.0 Å². The number of thioether (sulfide) groups is 2. The number of guanidine groups is 1. The van der Waals surface area contributed by atoms with Crippen molar-refractivity contribution in [2.24, 2.45) is 23.1 Å². The topological polar surface area (TPSA) is 258 Å². The van der Waals surface area contributed by atoms with E-state index in [-0.39, 0.29) is 62.6 Å². The van der Waals surface area contributed by atoms with Crippen LogP contribution in [0.5, 0.6) is 0 Å². The van der Waals surface area contributed by atoms with Crippen LogP contribution in [0.2, 0.25) is 0 Å². The molecule has 2 heterocycles. The van der Waals surface area contributed by atoms with E-state index >= 15 is 0 Å². The third kappa shape index (κ3) is 14.7. The summed E-state index contributed by atoms with van der Waals surface area (Å²) >= 11 is 3.14. The molecule has 1 aromatic heterocycles. The Kier molecular flexibility index (Phi) is 18.1. The number of primary amides is 2. The van der Waals surface area contributed by atoms with E-state index in [1.807, 2.05) is 25.1 Å². The Morgan fingerprint density at radius 2 is 1.62 bits per heavy atom. The number of nitrogens with one attached hydrogen (secondary N) is 5. The molecular weight excluding hydrogens is 659 g/mol. The summed E-state index contributed by atoms with van der Waals surface area (Å²) in [5.74, 6) is -0.418. The Balaban J connectivity index is 2.01. The molecule has 268 valence electrons. The van der Waals surface area contributed by atoms with E-state index in [2.05, 4.69) is 26.3 Å². The van der Waals surface area contributed by atoms with Crippen molar-refractivity contribution in [3.63, 3.8) is 0 Å². The van der Waals surface area contributed by atoms with Crippen molar-refractivity contribution in [2.75, 3.05) is 31.3 Å². The number of amides is 5. The van der Waals surface area contributed by atoms with Gasteiger partial charge in [0.25, 0.3) is 0 Å². The molecule has 0 saturated carbocycles. The lowest BCUT2D eigenvalue weighted by atomic mass is 9.88. The number of hydrogen-bond donors (Lipinski definition) is 8. The predicted molar refractivity (Wildman–Crippen MR) is 188 cm³/mol. The molecule has 1 saturated heterocycles. The van der Waals surface area contributed by atoms with Crippen molar-refractivity contribution in [2.45, 2.75) is 87.9 Å². The van der Waals surface area contributed by atoms with Gasteiger partial charge in [-0.3, -0.25) is 34.4 Å². The molecule has 17 heteroatoms. The van der Waals surface area contributed by atoms with Crippen LogP contribution in [0, 0.1) is 11.3 Å². The summed E-state index contributed by atoms with van der Waals surface area (Å²) in [5, 5.41) is 18.5. The van der Waals surface area contributed by atoms with E-state index in [0.717, 1.165) is 11.4 Å². The van der Waals surface area contributed by atoms with E-state index in [0.29, 0.717) is 48.8 Å². The zero-order valence-electron chi connectivity index (χ0n) is 27.8. The summed E-state index contributed by atoms with van der Waals surface area (Å²) in [6.07, 6.45) is 2.10. The number of hydrogen-bond acceptors (Lipinski definition) is 10. The average Bonchev–Trinajstić information content (AvgIpc) is 3.05. The number of nitrogens with zero attached hydrogens (tertiary/aromatic N) is 1. The third-order valence-corrected chi connectivity index (χ3v) is 9.90. The van der Waals surface area contributed by atoms with Gasteiger partial charge < -0.3 is 43.2 Å². The molecule has 1 aliphatic rings. The van der Waals surface area contributed by atoms with Crippen LogP contribution in [-0.2, 0) is 40.2 Å². The first-order chi connectivity index (χ1) is 22.9. The van der Waals surface area contributed by atoms with Crippen LogP contribution in [-0.4, -0.2) is 89.4 Å². The highest BCUT2D eigenvalue weighted by molar-refractivity contribution is 7.98. The lowest BCUT2D eigenvalue weighted by Gasteiger charge is -2.37. The summed E-state index contributed by atoms with van der Waals surface area (Å²) < 4.78 is 5.49. The molecule has 1 fully saturated rings. The first-order valence-corrected chi connectivity index (χ1v) is 18.4. The fourth-order valence-corrected chi connectivity index (χ4v) is 6.62. The normalized spacial score (nSPS) is 15.7. The van der Waals surface area contributed by atoms with Crippen LogP contribution in [0.25, 0.3) is 0 Å². The number of rotatable bonds is 22. The molecule has 48 heavy (non-hydrogen) atoms. The van der Waals surface area contributed by atoms with E-state index in [1.54, 1.807) is 30.4 Å². The molecule has 0 aromatic carbocycles. The maximum atomic E-state index is 13.8. The predicted octanol–water partition coefficient (Wildman–Crippen LogP) is 0.243. The first-order valence-electron chi connectivity index (χ1n) is 16.1. The van der Waals surface area contributed by atoms with Crippen molar-refractivity contribution >= 4 is 59.0 Å². The van der Waals surface area contributed by atoms with Crippen molar-refractivity contribution in [1.82, 2.24) is 26.3 Å². The lowest BCUT2D eigenvalue weighted by molar-refractivity contribution is -0.140. The van der Waals surface area contributed by atoms with Crippen LogP contribution in [0.4, 0.5) is 0 Å². The van der Waals surface area contributed by atoms with Crippen molar-refractivity contribution in [1.29, 1.82) is 5.41 Å². The molecule has 5 amide bonds. The Morgan fingerprint density at radius 1 is 1.00 bits per heavy atom. The van der Waals surface area contributed by atoms with Gasteiger partial charge in [-0.2, -0.15) is 23.5 Å². The number of ether oxygens (including phenoxy) is 1. The number of carbonyl (C=O) groups excluding carboxylic acids is 5. The third-order valence-electron chi connectivity index (χ3n) is 7.91. The molecule has 0 bridgehead atoms. The fraction of sp³-hybridized carbons (Fsp3) is 0.645. The maximum absolute atomic E-state index is 13.8. The number of nitrogens with two attached hydrogens (primary N) is 3. The first kappa shape index (κ1) is 40.6. The molecule has 0 spiro atoms. The quantitative estimate of drug-likeness (QED) is 0.0460. The minimum Gasteiger partial charge on any atom is -0.381 e. The molecule has 1 aliphatic heterocycles. The maximum Gasteiger partial charge on any atom is 0.246 e. The standard InChI is InChI=1S/C31H51N9O6S2/c1-3-20(2)26(27(33)43)39-28(44)23(8-5-13-36-30(34)35)38-29(45)31(11-14-46-15-12-31)40-25(42)10-17-48-19-22-7-4-6-21(37-22)18-47-16-9-24(32)41/h4,6-7,20,23,26H,3,5,8-19H2,1-2H3,(H2,32,41)(H2,33,43)(H,38,45)(H,39,44)(H,40,42)(H4,34,35,36)/t20-,23-,26-/m0/s1. The minimum absolute atomic E-state index is 0.166. The molecule has 1 aromatic rings. The zero-order chi connectivity index (χ0) is 35.5. The smallest absolute Gasteiger partial charge is 0.246 e. The van der Waals surface area contributed by atoms with E-state index in [1.165, 1.54) is 0 Å². The van der Waals surface area contributed by atoms with Crippen LogP contribution in [0.3, 0.4) is 0 Å². The van der Waals surface area contributed by atoms with Gasteiger partial charge in [0, 0.05) is 68.5 Å². The molecule has 11 N–H and O–H groups in total. The van der Waals surface area contributed by atoms with E-state index in [4.69, 9.17) is 27.3 Å². The zero-order valence-corrected chi connectivity index (χ0v) is 29.4. The molecule has 15 nitrogen and oxygen atoms in total.